The summed E-state index contributed by atoms with van der Waals surface area (Å²) in [6, 6.07) is 0. The van der Waals surface area contributed by atoms with Gasteiger partial charge in [-0.1, -0.05) is 39.0 Å². The van der Waals surface area contributed by atoms with Gasteiger partial charge in [-0.3, -0.25) is 0 Å². The van der Waals surface area contributed by atoms with E-state index < -0.39 is 0 Å². The molecule has 1 N–H and O–H groups in total. The van der Waals surface area contributed by atoms with Crippen LogP contribution in [-0.4, -0.2) is 12.6 Å². The maximum absolute atomic E-state index is 3.67. The summed E-state index contributed by atoms with van der Waals surface area (Å²) < 4.78 is 0. The van der Waals surface area contributed by atoms with E-state index in [1.54, 1.807) is 0 Å². The van der Waals surface area contributed by atoms with Crippen LogP contribution in [0.5, 0.6) is 0 Å². The summed E-state index contributed by atoms with van der Waals surface area (Å²) in [7, 11) is 2.18. The van der Waals surface area contributed by atoms with Gasteiger partial charge in [0.15, 0.2) is 0 Å². The van der Waals surface area contributed by atoms with Gasteiger partial charge in [0.2, 0.25) is 0 Å². The van der Waals surface area contributed by atoms with E-state index in [9.17, 15) is 0 Å². The Labute approximate surface area is 108 Å². The van der Waals surface area contributed by atoms with E-state index in [1.165, 1.54) is 57.8 Å². The monoisotopic (exact) mass is 237 g/mol. The second kappa shape index (κ2) is 5.73. The largest absolute Gasteiger partial charge is 0.314 e. The second-order valence-electron chi connectivity index (χ2n) is 6.96. The molecule has 2 fully saturated rings. The van der Waals surface area contributed by atoms with Gasteiger partial charge in [-0.25, -0.2) is 0 Å². The first kappa shape index (κ1) is 13.4. The van der Waals surface area contributed by atoms with Crippen LogP contribution in [0.3, 0.4) is 0 Å². The molecular weight excluding hydrogens is 206 g/mol. The molecule has 2 saturated carbocycles. The van der Waals surface area contributed by atoms with E-state index in [2.05, 4.69) is 26.2 Å². The molecule has 1 unspecified atom stereocenters. The third-order valence-corrected chi connectivity index (χ3v) is 5.78. The van der Waals surface area contributed by atoms with Gasteiger partial charge in [0, 0.05) is 5.54 Å². The average molecular weight is 237 g/mol. The first-order valence-electron chi connectivity index (χ1n) is 7.83. The topological polar surface area (TPSA) is 12.0 Å². The minimum absolute atomic E-state index is 0.412. The van der Waals surface area contributed by atoms with Gasteiger partial charge in [0.25, 0.3) is 0 Å². The molecule has 0 radical (unpaired) electrons. The van der Waals surface area contributed by atoms with Gasteiger partial charge in [0.05, 0.1) is 0 Å². The summed E-state index contributed by atoms with van der Waals surface area (Å²) in [5, 5.41) is 3.67. The second-order valence-corrected chi connectivity index (χ2v) is 6.96. The Bertz CT molecular complexity index is 226. The maximum atomic E-state index is 3.67. The molecule has 17 heavy (non-hydrogen) atoms. The van der Waals surface area contributed by atoms with E-state index in [0.29, 0.717) is 5.54 Å². The molecule has 0 aromatic carbocycles. The van der Waals surface area contributed by atoms with Crippen molar-refractivity contribution < 1.29 is 0 Å². The van der Waals surface area contributed by atoms with Gasteiger partial charge in [-0.05, 0) is 57.4 Å². The number of hydrogen-bond donors (Lipinski definition) is 1. The van der Waals surface area contributed by atoms with Crippen LogP contribution in [0, 0.1) is 17.8 Å². The van der Waals surface area contributed by atoms with Crippen molar-refractivity contribution in [3.63, 3.8) is 0 Å². The summed E-state index contributed by atoms with van der Waals surface area (Å²) in [4.78, 5) is 0. The fourth-order valence-corrected chi connectivity index (χ4v) is 3.72. The van der Waals surface area contributed by atoms with E-state index >= 15 is 0 Å². The number of hydrogen-bond acceptors (Lipinski definition) is 1. The normalized spacial score (nSPS) is 34.1. The molecule has 0 aromatic rings. The first-order chi connectivity index (χ1) is 8.14. The van der Waals surface area contributed by atoms with Crippen LogP contribution >= 0.6 is 0 Å². The zero-order chi connectivity index (χ0) is 12.3. The minimum atomic E-state index is 0.412. The molecule has 0 aromatic heterocycles. The van der Waals surface area contributed by atoms with Crippen molar-refractivity contribution in [2.45, 2.75) is 77.2 Å². The lowest BCUT2D eigenvalue weighted by atomic mass is 9.69. The summed E-state index contributed by atoms with van der Waals surface area (Å²) in [6.45, 7) is 4.90. The summed E-state index contributed by atoms with van der Waals surface area (Å²) in [5.74, 6) is 2.95. The van der Waals surface area contributed by atoms with Crippen LogP contribution in [0.1, 0.15) is 71.6 Å². The van der Waals surface area contributed by atoms with Gasteiger partial charge in [-0.15, -0.1) is 0 Å². The van der Waals surface area contributed by atoms with Crippen LogP contribution < -0.4 is 5.32 Å². The zero-order valence-corrected chi connectivity index (χ0v) is 12.1. The van der Waals surface area contributed by atoms with Crippen molar-refractivity contribution >= 4 is 0 Å². The quantitative estimate of drug-likeness (QED) is 0.748. The van der Waals surface area contributed by atoms with Crippen LogP contribution in [0.15, 0.2) is 0 Å². The molecule has 2 aliphatic carbocycles. The maximum Gasteiger partial charge on any atom is 0.0178 e. The Kier molecular flexibility index (Phi) is 4.52. The third kappa shape index (κ3) is 3.24. The van der Waals surface area contributed by atoms with Crippen molar-refractivity contribution in [1.29, 1.82) is 0 Å². The van der Waals surface area contributed by atoms with Crippen molar-refractivity contribution in [2.75, 3.05) is 7.05 Å². The lowest BCUT2D eigenvalue weighted by molar-refractivity contribution is 0.137. The van der Waals surface area contributed by atoms with Crippen LogP contribution in [-0.2, 0) is 0 Å². The van der Waals surface area contributed by atoms with E-state index in [0.717, 1.165) is 17.8 Å². The zero-order valence-electron chi connectivity index (χ0n) is 12.1. The van der Waals surface area contributed by atoms with Crippen LogP contribution in [0.2, 0.25) is 0 Å². The van der Waals surface area contributed by atoms with Gasteiger partial charge < -0.3 is 5.32 Å². The first-order valence-corrected chi connectivity index (χ1v) is 7.83. The summed E-state index contributed by atoms with van der Waals surface area (Å²) in [6.07, 6.45) is 13.1. The van der Waals surface area contributed by atoms with Crippen molar-refractivity contribution in [1.82, 2.24) is 5.32 Å². The van der Waals surface area contributed by atoms with E-state index in [-0.39, 0.29) is 0 Å². The predicted octanol–water partition coefficient (Wildman–Crippen LogP) is 4.37. The molecule has 0 heterocycles. The summed E-state index contributed by atoms with van der Waals surface area (Å²) >= 11 is 0. The molecule has 1 atom stereocenters. The molecule has 0 saturated heterocycles. The van der Waals surface area contributed by atoms with Gasteiger partial charge >= 0.3 is 0 Å². The lowest BCUT2D eigenvalue weighted by Crippen LogP contribution is -2.48. The molecule has 1 heteroatoms. The smallest absolute Gasteiger partial charge is 0.0178 e. The van der Waals surface area contributed by atoms with Crippen LogP contribution in [0.25, 0.3) is 0 Å². The molecule has 0 amide bonds. The Morgan fingerprint density at radius 3 is 2.18 bits per heavy atom. The van der Waals surface area contributed by atoms with E-state index in [4.69, 9.17) is 0 Å². The molecule has 1 nitrogen and oxygen atoms in total. The van der Waals surface area contributed by atoms with Crippen molar-refractivity contribution in [3.8, 4) is 0 Å². The highest BCUT2D eigenvalue weighted by Crippen LogP contribution is 2.40. The molecule has 0 bridgehead atoms. The molecule has 0 spiro atoms. The number of rotatable bonds is 5. The van der Waals surface area contributed by atoms with Crippen LogP contribution in [0.4, 0.5) is 0 Å². The van der Waals surface area contributed by atoms with Gasteiger partial charge in [0.1, 0.15) is 0 Å². The van der Waals surface area contributed by atoms with Crippen molar-refractivity contribution in [2.24, 2.45) is 17.8 Å². The van der Waals surface area contributed by atoms with E-state index in [1.807, 2.05) is 0 Å². The Hall–Kier alpha value is -0.0400. The highest BCUT2D eigenvalue weighted by molar-refractivity contribution is 4.92. The molecule has 2 aliphatic rings. The lowest BCUT2D eigenvalue weighted by Gasteiger charge is -2.42. The Morgan fingerprint density at radius 1 is 1.06 bits per heavy atom. The standard InChI is InChI=1S/C16H31N/c1-13-7-9-15(10-8-13)16(2,17-3)12-11-14-5-4-6-14/h13-15,17H,4-12H2,1-3H3/t13-,15+,16?. The Morgan fingerprint density at radius 2 is 1.71 bits per heavy atom. The predicted molar refractivity (Wildman–Crippen MR) is 75.2 cm³/mol. The molecular formula is C16H31N. The van der Waals surface area contributed by atoms with Crippen molar-refractivity contribution in [3.05, 3.63) is 0 Å². The minimum Gasteiger partial charge on any atom is -0.314 e. The fraction of sp³-hybridized carbons (Fsp3) is 1.00. The third-order valence-electron chi connectivity index (χ3n) is 5.78. The SMILES string of the molecule is CNC(C)(CCC1CCC1)[C@H]1CC[C@@H](C)CC1. The molecule has 2 rings (SSSR count). The molecule has 0 aliphatic heterocycles. The fourth-order valence-electron chi connectivity index (χ4n) is 3.72. The molecule has 100 valence electrons. The number of nitrogens with one attached hydrogen (secondary N) is 1. The highest BCUT2D eigenvalue weighted by Gasteiger charge is 2.35. The van der Waals surface area contributed by atoms with Gasteiger partial charge in [-0.2, -0.15) is 0 Å². The average Bonchev–Trinajstić information content (AvgIpc) is 2.27. The summed E-state index contributed by atoms with van der Waals surface area (Å²) in [5.41, 5.74) is 0.412. The Balaban J connectivity index is 1.83. The highest BCUT2D eigenvalue weighted by atomic mass is 14.9.